The highest BCUT2D eigenvalue weighted by molar-refractivity contribution is 6.11. The summed E-state index contributed by atoms with van der Waals surface area (Å²) < 4.78 is 187. The van der Waals surface area contributed by atoms with E-state index in [9.17, 15) is 53.9 Å². The van der Waals surface area contributed by atoms with Crippen LogP contribution in [0.3, 0.4) is 0 Å². The van der Waals surface area contributed by atoms with E-state index in [0.29, 0.717) is 197 Å². The summed E-state index contributed by atoms with van der Waals surface area (Å²) in [5, 5.41) is 15.6. The van der Waals surface area contributed by atoms with Crippen molar-refractivity contribution in [2.75, 3.05) is 217 Å². The largest absolute Gasteiger partial charge is 0.417 e. The Morgan fingerprint density at radius 1 is 0.405 bits per heavy atom. The van der Waals surface area contributed by atoms with E-state index in [0.717, 1.165) is 42.6 Å². The number of rotatable bonds is 15. The van der Waals surface area contributed by atoms with Gasteiger partial charge in [-0.05, 0) is 94.8 Å². The van der Waals surface area contributed by atoms with Crippen molar-refractivity contribution in [2.45, 2.75) is 31.5 Å². The van der Waals surface area contributed by atoms with E-state index in [1.807, 2.05) is 52.6 Å². The SMILES string of the molecule is C=C1C=C(C(F)(F)F)C(C(=O)Nc2cc(-c3ccc(N4CCOCC4)nc3)c(F)cc2N2CCN(C)CC2)=CN1.C=C1C=C(C(F)(F)F)C(C(=O)Nc2cc(-c3cnc(N4CCOCC4)nc3)c(F)cc2N2CCN(C)CC2)=CN1.C=C1C=C(C(F)(F)F)C(C(=O)Nc2cc(-c3cnc(N4CCOCC4)nc3)c(F)cc2N2CCN(C)[C@H](C)C2)=CN1. The first-order valence-corrected chi connectivity index (χ1v) is 38.9. The molecule has 0 aliphatic carbocycles. The van der Waals surface area contributed by atoms with Gasteiger partial charge in [-0.3, -0.25) is 14.4 Å². The molecule has 6 fully saturated rings. The highest BCUT2D eigenvalue weighted by Crippen LogP contribution is 2.43. The van der Waals surface area contributed by atoms with Crippen LogP contribution in [0, 0.1) is 17.5 Å². The lowest BCUT2D eigenvalue weighted by molar-refractivity contribution is -0.115. The molecule has 1 atom stereocenters. The molecule has 6 N–H and O–H groups in total. The van der Waals surface area contributed by atoms with Crippen molar-refractivity contribution in [3.8, 4) is 33.4 Å². The quantitative estimate of drug-likeness (QED) is 0.0523. The number of allylic oxidation sites excluding steroid dienone is 3. The fourth-order valence-corrected chi connectivity index (χ4v) is 14.5. The number of nitrogens with zero attached hydrogens (tertiary/aromatic N) is 14. The molecular weight excluding hydrogens is 1600 g/mol. The number of halogens is 12. The highest BCUT2D eigenvalue weighted by atomic mass is 19.4. The molecule has 0 spiro atoms. The van der Waals surface area contributed by atoms with Crippen LogP contribution in [0.15, 0.2) is 187 Å². The van der Waals surface area contributed by atoms with E-state index < -0.39 is 87.1 Å². The first-order valence-electron chi connectivity index (χ1n) is 38.9. The van der Waals surface area contributed by atoms with Gasteiger partial charge in [-0.1, -0.05) is 19.7 Å². The van der Waals surface area contributed by atoms with Gasteiger partial charge >= 0.3 is 18.5 Å². The van der Waals surface area contributed by atoms with E-state index >= 15 is 13.2 Å². The fourth-order valence-electron chi connectivity index (χ4n) is 14.5. The van der Waals surface area contributed by atoms with E-state index in [-0.39, 0.29) is 56.9 Å². The van der Waals surface area contributed by atoms with Crippen LogP contribution < -0.4 is 61.3 Å². The van der Waals surface area contributed by atoms with Gasteiger partial charge in [-0.2, -0.15) is 39.5 Å². The van der Waals surface area contributed by atoms with Crippen molar-refractivity contribution in [3.63, 3.8) is 0 Å². The fraction of sp³-hybridized carbons (Fsp3) is 0.373. The van der Waals surface area contributed by atoms with E-state index in [1.165, 1.54) is 61.2 Å². The lowest BCUT2D eigenvalue weighted by Crippen LogP contribution is -2.50. The number of benzene rings is 3. The number of hydrogen-bond acceptors (Lipinski definition) is 23. The zero-order valence-corrected chi connectivity index (χ0v) is 66.7. The minimum atomic E-state index is -4.78. The van der Waals surface area contributed by atoms with Gasteiger partial charge in [0.05, 0.1) is 107 Å². The number of nitrogens with one attached hydrogen (secondary N) is 6. The van der Waals surface area contributed by atoms with Crippen LogP contribution in [0.25, 0.3) is 33.4 Å². The molecule has 0 saturated carbocycles. The Morgan fingerprint density at radius 2 is 0.719 bits per heavy atom. The molecule has 9 aliphatic rings. The van der Waals surface area contributed by atoms with Crippen molar-refractivity contribution in [1.82, 2.24) is 55.6 Å². The van der Waals surface area contributed by atoms with E-state index in [4.69, 9.17) is 14.2 Å². The maximum Gasteiger partial charge on any atom is 0.417 e. The molecule has 6 saturated heterocycles. The number of carbonyl (C=O) groups is 3. The molecule has 26 nitrogen and oxygen atoms in total. The summed E-state index contributed by atoms with van der Waals surface area (Å²) in [5.74, 6) is -2.92. The zero-order chi connectivity index (χ0) is 86.2. The lowest BCUT2D eigenvalue weighted by atomic mass is 10.0. The number of ether oxygens (including phenoxy) is 3. The first kappa shape index (κ1) is 87.0. The summed E-state index contributed by atoms with van der Waals surface area (Å²) in [4.78, 5) is 79.9. The van der Waals surface area contributed by atoms with Gasteiger partial charge in [0.25, 0.3) is 17.7 Å². The number of pyridine rings is 1. The molecule has 3 aromatic carbocycles. The number of dihydropyridines is 3. The molecule has 12 heterocycles. The Morgan fingerprint density at radius 3 is 1.04 bits per heavy atom. The number of aromatic nitrogens is 5. The Kier molecular flexibility index (Phi) is 26.9. The molecule has 6 aromatic rings. The smallest absolute Gasteiger partial charge is 0.378 e. The lowest BCUT2D eigenvalue weighted by Gasteiger charge is -2.39. The van der Waals surface area contributed by atoms with Crippen LogP contribution in [-0.4, -0.2) is 254 Å². The molecule has 15 rings (SSSR count). The van der Waals surface area contributed by atoms with Crippen LogP contribution in [-0.2, 0) is 28.6 Å². The molecular formula is C83H90F12N20O6. The van der Waals surface area contributed by atoms with Crippen molar-refractivity contribution in [3.05, 3.63) is 204 Å². The second-order valence-corrected chi connectivity index (χ2v) is 29.9. The normalized spacial score (nSPS) is 19.2. The van der Waals surface area contributed by atoms with Crippen molar-refractivity contribution in [2.24, 2.45) is 0 Å². The Labute approximate surface area is 689 Å². The summed E-state index contributed by atoms with van der Waals surface area (Å²) in [7, 11) is 5.92. The topological polar surface area (TPSA) is 245 Å². The number of likely N-dealkylation sites (N-methyl/N-ethyl adjacent to an activating group) is 3. The van der Waals surface area contributed by atoms with Crippen molar-refractivity contribution in [1.29, 1.82) is 0 Å². The standard InChI is InChI=1S/C28H31F4N7O2.C28H30F4N6O2.C27H29F4N7O2/c1-17-10-22(28(30,31)32)21(15-33-17)26(40)36-24-11-20(19-13-34-27(35-14-19)38-6-8-41-9-7-38)23(29)12-25(24)39-5-4-37(3)18(2)16-39;1-18-13-22(28(30,31)32)21(17-33-18)27(39)35-24-14-20(23(29)15-25(24)37-7-5-36(2)6-8-37)19-3-4-26(34-16-19)38-9-11-40-12-10-38;1-17-11-21(27(29,30)31)20(16-32-17)25(39)35-23-12-19(22(28)13-24(23)37-5-3-36(2)4-6-37)18-14-33-26(34-15-18)38-7-9-40-10-8-38/h10-15,18,33H,1,4-9,16H2,2-3H3,(H,36,40);3-4,13-17,33H,1,5-12H2,2H3,(H,35,39);11-16,32H,1,3-10H2,2H3,(H,35,39)/t18-;;/m1../s1. The van der Waals surface area contributed by atoms with E-state index in [1.54, 1.807) is 18.3 Å². The third-order valence-electron chi connectivity index (χ3n) is 21.6. The van der Waals surface area contributed by atoms with E-state index in [2.05, 4.69) is 96.2 Å². The number of amides is 3. The number of alkyl halides is 9. The average Bonchev–Trinajstić information content (AvgIpc) is 0.785. The molecule has 3 amide bonds. The Bertz CT molecular complexity index is 4850. The van der Waals surface area contributed by atoms with Crippen molar-refractivity contribution < 1.29 is 81.3 Å². The summed E-state index contributed by atoms with van der Waals surface area (Å²) in [6.45, 7) is 26.7. The van der Waals surface area contributed by atoms with Gasteiger partial charge in [-0.25, -0.2) is 38.1 Å². The number of piperazine rings is 3. The van der Waals surface area contributed by atoms with Crippen LogP contribution in [0.4, 0.5) is 105 Å². The first-order chi connectivity index (χ1) is 57.7. The minimum absolute atomic E-state index is 0.00517. The average molecular weight is 1690 g/mol. The van der Waals surface area contributed by atoms with Crippen LogP contribution >= 0.6 is 0 Å². The summed E-state index contributed by atoms with van der Waals surface area (Å²) in [6.07, 6.45) is -1.55. The number of hydrogen-bond donors (Lipinski definition) is 6. The molecule has 38 heteroatoms. The number of morpholine rings is 3. The van der Waals surface area contributed by atoms with Gasteiger partial charge in [0.1, 0.15) is 23.3 Å². The molecule has 0 unspecified atom stereocenters. The molecule has 9 aliphatic heterocycles. The molecule has 642 valence electrons. The van der Waals surface area contributed by atoms with Crippen LogP contribution in [0.1, 0.15) is 6.92 Å². The van der Waals surface area contributed by atoms with Gasteiger partial charge in [-0.15, -0.1) is 0 Å². The minimum Gasteiger partial charge on any atom is -0.378 e. The van der Waals surface area contributed by atoms with Gasteiger partial charge in [0, 0.05) is 217 Å². The second-order valence-electron chi connectivity index (χ2n) is 29.9. The van der Waals surface area contributed by atoms with Gasteiger partial charge in [0.2, 0.25) is 11.9 Å². The predicted octanol–water partition coefficient (Wildman–Crippen LogP) is 10.9. The Hall–Kier alpha value is -11.8. The maximum atomic E-state index is 15.6. The Balaban J connectivity index is 0.000000157. The molecule has 121 heavy (non-hydrogen) atoms. The summed E-state index contributed by atoms with van der Waals surface area (Å²) in [5.41, 5.74) is -1.85. The monoisotopic (exact) mass is 1690 g/mol. The maximum absolute atomic E-state index is 15.6. The number of anilines is 9. The molecule has 3 aromatic heterocycles. The van der Waals surface area contributed by atoms with Crippen LogP contribution in [0.2, 0.25) is 0 Å². The zero-order valence-electron chi connectivity index (χ0n) is 66.7. The van der Waals surface area contributed by atoms with Crippen LogP contribution in [0.5, 0.6) is 0 Å². The third kappa shape index (κ3) is 21.1. The summed E-state index contributed by atoms with van der Waals surface area (Å²) >= 11 is 0. The van der Waals surface area contributed by atoms with Gasteiger partial charge in [0.15, 0.2) is 0 Å². The summed E-state index contributed by atoms with van der Waals surface area (Å²) in [6, 6.07) is 11.9. The third-order valence-corrected chi connectivity index (χ3v) is 21.6. The highest BCUT2D eigenvalue weighted by Gasteiger charge is 2.43. The second kappa shape index (κ2) is 37.4. The predicted molar refractivity (Wildman–Crippen MR) is 437 cm³/mol. The molecule has 0 bridgehead atoms. The molecule has 0 radical (unpaired) electrons. The number of carbonyl (C=O) groups excluding carboxylic acids is 3. The van der Waals surface area contributed by atoms with Gasteiger partial charge < -0.3 is 90.2 Å². The van der Waals surface area contributed by atoms with Crippen molar-refractivity contribution >= 4 is 69.6 Å².